The summed E-state index contributed by atoms with van der Waals surface area (Å²) in [5, 5.41) is 7.03. The largest absolute Gasteiger partial charge is 0.455 e. The molecule has 1 aromatic heterocycles. The van der Waals surface area contributed by atoms with Crippen molar-refractivity contribution in [3.8, 4) is 11.3 Å². The number of hydrazone groups is 1. The zero-order valence-corrected chi connectivity index (χ0v) is 18.6. The van der Waals surface area contributed by atoms with Crippen molar-refractivity contribution in [3.05, 3.63) is 92.6 Å². The number of benzene rings is 3. The molecule has 0 fully saturated rings. The van der Waals surface area contributed by atoms with Crippen LogP contribution in [0.1, 0.15) is 11.3 Å². The highest BCUT2D eigenvalue weighted by atomic mass is 79.9. The Balaban J connectivity index is 1.42. The van der Waals surface area contributed by atoms with Crippen molar-refractivity contribution in [2.75, 3.05) is 0 Å². The van der Waals surface area contributed by atoms with Crippen molar-refractivity contribution in [2.45, 2.75) is 6.42 Å². The Labute approximate surface area is 191 Å². The third kappa shape index (κ3) is 4.59. The van der Waals surface area contributed by atoms with Gasteiger partial charge in [0.2, 0.25) is 5.91 Å². The summed E-state index contributed by atoms with van der Waals surface area (Å²) in [6, 6.07) is 20.6. The summed E-state index contributed by atoms with van der Waals surface area (Å²) in [4.78, 5) is 12.3. The first kappa shape index (κ1) is 20.7. The lowest BCUT2D eigenvalue weighted by Crippen LogP contribution is -2.19. The summed E-state index contributed by atoms with van der Waals surface area (Å²) in [7, 11) is 0. The first-order valence-electron chi connectivity index (χ1n) is 9.04. The van der Waals surface area contributed by atoms with Crippen LogP contribution in [0.15, 0.2) is 80.7 Å². The Morgan fingerprint density at radius 2 is 1.80 bits per heavy atom. The molecule has 3 aromatic carbocycles. The number of hydrogen-bond acceptors (Lipinski definition) is 3. The van der Waals surface area contributed by atoms with E-state index in [1.54, 1.807) is 24.3 Å². The average molecular weight is 502 g/mol. The molecule has 0 bridgehead atoms. The molecule has 1 heterocycles. The van der Waals surface area contributed by atoms with E-state index in [1.807, 2.05) is 42.5 Å². The Morgan fingerprint density at radius 1 is 1.00 bits per heavy atom. The van der Waals surface area contributed by atoms with Crippen LogP contribution >= 0.6 is 39.1 Å². The van der Waals surface area contributed by atoms with E-state index in [1.165, 1.54) is 6.21 Å². The lowest BCUT2D eigenvalue weighted by atomic mass is 10.0. The molecule has 0 spiro atoms. The van der Waals surface area contributed by atoms with E-state index < -0.39 is 0 Å². The molecule has 0 aliphatic rings. The number of hydrogen-bond donors (Lipinski definition) is 1. The maximum absolute atomic E-state index is 12.3. The number of carbonyl (C=O) groups is 1. The summed E-state index contributed by atoms with van der Waals surface area (Å²) in [5.41, 5.74) is 4.28. The molecule has 1 amide bonds. The maximum atomic E-state index is 12.3. The molecule has 7 heteroatoms. The highest BCUT2D eigenvalue weighted by Gasteiger charge is 2.09. The van der Waals surface area contributed by atoms with Gasteiger partial charge in [0.05, 0.1) is 22.7 Å². The summed E-state index contributed by atoms with van der Waals surface area (Å²) in [6.07, 6.45) is 1.68. The molecule has 4 rings (SSSR count). The topological polar surface area (TPSA) is 54.6 Å². The van der Waals surface area contributed by atoms with E-state index in [2.05, 4.69) is 26.5 Å². The molecule has 30 heavy (non-hydrogen) atoms. The van der Waals surface area contributed by atoms with Crippen LogP contribution in [0, 0.1) is 0 Å². The minimum atomic E-state index is -0.213. The second-order valence-corrected chi connectivity index (χ2v) is 8.22. The van der Waals surface area contributed by atoms with Crippen LogP contribution in [0.25, 0.3) is 22.1 Å². The predicted molar refractivity (Wildman–Crippen MR) is 125 cm³/mol. The summed E-state index contributed by atoms with van der Waals surface area (Å²) in [6.45, 7) is 0. The van der Waals surface area contributed by atoms with Gasteiger partial charge in [-0.1, -0.05) is 69.5 Å². The van der Waals surface area contributed by atoms with Gasteiger partial charge in [0.25, 0.3) is 0 Å². The number of amides is 1. The molecule has 0 aliphatic heterocycles. The Kier molecular flexibility index (Phi) is 6.23. The van der Waals surface area contributed by atoms with Gasteiger partial charge in [-0.05, 0) is 52.7 Å². The summed E-state index contributed by atoms with van der Waals surface area (Å²) >= 11 is 15.5. The van der Waals surface area contributed by atoms with Gasteiger partial charge in [-0.2, -0.15) is 5.10 Å². The van der Waals surface area contributed by atoms with Crippen LogP contribution in [0.2, 0.25) is 10.0 Å². The molecule has 1 N–H and O–H groups in total. The second kappa shape index (κ2) is 9.04. The molecule has 4 aromatic rings. The number of furan rings is 1. The quantitative estimate of drug-likeness (QED) is 0.240. The van der Waals surface area contributed by atoms with Crippen LogP contribution in [-0.2, 0) is 11.2 Å². The van der Waals surface area contributed by atoms with E-state index in [9.17, 15) is 4.79 Å². The molecule has 150 valence electrons. The molecule has 4 nitrogen and oxygen atoms in total. The highest BCUT2D eigenvalue weighted by molar-refractivity contribution is 9.10. The van der Waals surface area contributed by atoms with Gasteiger partial charge >= 0.3 is 0 Å². The minimum absolute atomic E-state index is 0.213. The van der Waals surface area contributed by atoms with Gasteiger partial charge in [-0.25, -0.2) is 5.43 Å². The summed E-state index contributed by atoms with van der Waals surface area (Å²) < 4.78 is 6.72. The number of nitrogens with zero attached hydrogens (tertiary/aromatic N) is 1. The van der Waals surface area contributed by atoms with Crippen LogP contribution in [-0.4, -0.2) is 12.1 Å². The Morgan fingerprint density at radius 3 is 2.60 bits per heavy atom. The lowest BCUT2D eigenvalue weighted by molar-refractivity contribution is -0.120. The standard InChI is InChI=1S/C23H15BrCl2N2O2/c24-19-8-5-14(17-3-1-2-4-18(17)19)12-23(29)28-27-13-16-7-10-22(30-16)15-6-9-20(25)21(26)11-15/h1-11,13H,12H2,(H,28,29)/b27-13-. The summed E-state index contributed by atoms with van der Waals surface area (Å²) in [5.74, 6) is 0.920. The van der Waals surface area contributed by atoms with E-state index in [4.69, 9.17) is 27.6 Å². The van der Waals surface area contributed by atoms with Crippen molar-refractivity contribution in [2.24, 2.45) is 5.10 Å². The van der Waals surface area contributed by atoms with Crippen molar-refractivity contribution >= 4 is 62.0 Å². The van der Waals surface area contributed by atoms with Crippen molar-refractivity contribution in [1.82, 2.24) is 5.43 Å². The van der Waals surface area contributed by atoms with Gasteiger partial charge in [-0.3, -0.25) is 4.79 Å². The normalized spacial score (nSPS) is 11.3. The van der Waals surface area contributed by atoms with Crippen LogP contribution in [0.3, 0.4) is 0 Å². The molecule has 0 saturated carbocycles. The van der Waals surface area contributed by atoms with Crippen LogP contribution in [0.4, 0.5) is 0 Å². The fourth-order valence-electron chi connectivity index (χ4n) is 3.09. The van der Waals surface area contributed by atoms with Gasteiger partial charge in [0.1, 0.15) is 11.5 Å². The van der Waals surface area contributed by atoms with E-state index in [-0.39, 0.29) is 12.3 Å². The second-order valence-electron chi connectivity index (χ2n) is 6.55. The molecule has 0 unspecified atom stereocenters. The molecular weight excluding hydrogens is 487 g/mol. The Hall–Kier alpha value is -2.60. The Bertz CT molecular complexity index is 1270. The third-order valence-corrected chi connectivity index (χ3v) is 5.95. The van der Waals surface area contributed by atoms with Crippen LogP contribution in [0.5, 0.6) is 0 Å². The fraction of sp³-hybridized carbons (Fsp3) is 0.0435. The molecule has 0 radical (unpaired) electrons. The van der Waals surface area contributed by atoms with Gasteiger partial charge in [0, 0.05) is 10.0 Å². The number of carbonyl (C=O) groups excluding carboxylic acids is 1. The van der Waals surface area contributed by atoms with Gasteiger partial charge < -0.3 is 4.42 Å². The van der Waals surface area contributed by atoms with Gasteiger partial charge in [0.15, 0.2) is 0 Å². The zero-order valence-electron chi connectivity index (χ0n) is 15.5. The van der Waals surface area contributed by atoms with Crippen molar-refractivity contribution in [3.63, 3.8) is 0 Å². The van der Waals surface area contributed by atoms with Crippen molar-refractivity contribution in [1.29, 1.82) is 0 Å². The van der Waals surface area contributed by atoms with E-state index >= 15 is 0 Å². The van der Waals surface area contributed by atoms with Crippen molar-refractivity contribution < 1.29 is 9.21 Å². The average Bonchev–Trinajstić information content (AvgIpc) is 3.21. The van der Waals surface area contributed by atoms with E-state index in [0.717, 1.165) is 26.4 Å². The number of fused-ring (bicyclic) bond motifs is 1. The maximum Gasteiger partial charge on any atom is 0.244 e. The lowest BCUT2D eigenvalue weighted by Gasteiger charge is -2.07. The predicted octanol–water partition coefficient (Wildman–Crippen LogP) is 6.86. The SMILES string of the molecule is O=C(Cc1ccc(Br)c2ccccc12)N/N=C\c1ccc(-c2ccc(Cl)c(Cl)c2)o1. The first-order chi connectivity index (χ1) is 14.5. The minimum Gasteiger partial charge on any atom is -0.455 e. The zero-order chi connectivity index (χ0) is 21.1. The number of nitrogens with one attached hydrogen (secondary N) is 1. The molecule has 0 aliphatic carbocycles. The molecule has 0 saturated heterocycles. The molecular formula is C23H15BrCl2N2O2. The third-order valence-electron chi connectivity index (χ3n) is 4.52. The highest BCUT2D eigenvalue weighted by Crippen LogP contribution is 2.29. The number of rotatable bonds is 5. The smallest absolute Gasteiger partial charge is 0.244 e. The fourth-order valence-corrected chi connectivity index (χ4v) is 3.86. The van der Waals surface area contributed by atoms with Gasteiger partial charge in [-0.15, -0.1) is 0 Å². The number of halogens is 3. The van der Waals surface area contributed by atoms with Crippen LogP contribution < -0.4 is 5.43 Å². The molecule has 0 atom stereocenters. The van der Waals surface area contributed by atoms with E-state index in [0.29, 0.717) is 21.6 Å². The monoisotopic (exact) mass is 500 g/mol. The first-order valence-corrected chi connectivity index (χ1v) is 10.6.